The largest absolute Gasteiger partial charge is 1.00 e. The molecule has 0 radical (unpaired) electrons. The van der Waals surface area contributed by atoms with Crippen molar-refractivity contribution in [2.45, 2.75) is 74.3 Å². The van der Waals surface area contributed by atoms with Crippen LogP contribution in [0, 0.1) is 41.5 Å². The Labute approximate surface area is 472 Å². The van der Waals surface area contributed by atoms with Crippen LogP contribution in [0.5, 0.6) is 0 Å². The van der Waals surface area contributed by atoms with Crippen LogP contribution < -0.4 is 52.8 Å². The Morgan fingerprint density at radius 1 is 0.270 bits per heavy atom. The van der Waals surface area contributed by atoms with E-state index >= 15 is 0 Å². The third-order valence-corrected chi connectivity index (χ3v) is 23.3. The predicted octanol–water partition coefficient (Wildman–Crippen LogP) is 7.95. The number of allylic oxidation sites excluding steroid dienone is 4. The Kier molecular flexibility index (Phi) is 17.1. The Hall–Kier alpha value is -5.74. The molecule has 1 atom stereocenters. The summed E-state index contributed by atoms with van der Waals surface area (Å²) >= 11 is 2.46. The Balaban J connectivity index is 0.00000267. The molecule has 368 valence electrons. The SMILES string of the molecule is CC1=C(C)C(C)([Si](c2cc(-c3ccc(C)cc3)cc(-c3ccc(C)cc3)c2)(c2cc(-c3ccc(C)cc3)cc(-c3ccc(C)cc3)c2)c2cc(-c3ccc(C)cc3)cc(-c3ccc(C)cc3)c2)[C]([Ti+3])=C1C.[Cl-].[Cl-].[Cl-]. The smallest absolute Gasteiger partial charge is 1.00 e. The molecule has 74 heavy (non-hydrogen) atoms. The quantitative estimate of drug-likeness (QED) is 0.0965. The molecule has 0 nitrogen and oxygen atoms in total. The summed E-state index contributed by atoms with van der Waals surface area (Å²) in [5.74, 6) is 0. The minimum atomic E-state index is -3.49. The molecule has 0 saturated carbocycles. The second-order valence-corrected chi connectivity index (χ2v) is 25.7. The van der Waals surface area contributed by atoms with Gasteiger partial charge in [-0.05, 0) is 0 Å². The molecule has 1 aliphatic rings. The van der Waals surface area contributed by atoms with E-state index in [0.29, 0.717) is 0 Å². The summed E-state index contributed by atoms with van der Waals surface area (Å²) in [5.41, 5.74) is 26.5. The van der Waals surface area contributed by atoms with Crippen molar-refractivity contribution in [1.29, 1.82) is 0 Å². The number of hydrogen-bond donors (Lipinski definition) is 0. The van der Waals surface area contributed by atoms with Crippen molar-refractivity contribution in [2.75, 3.05) is 0 Å². The van der Waals surface area contributed by atoms with Crippen molar-refractivity contribution in [3.8, 4) is 66.8 Å². The number of benzene rings is 9. The molecule has 1 unspecified atom stereocenters. The Morgan fingerprint density at radius 3 is 0.622 bits per heavy atom. The minimum Gasteiger partial charge on any atom is -1.00 e. The number of hydrogen-bond acceptors (Lipinski definition) is 0. The second kappa shape index (κ2) is 22.6. The van der Waals surface area contributed by atoms with Crippen LogP contribution in [0.25, 0.3) is 66.8 Å². The van der Waals surface area contributed by atoms with Gasteiger partial charge in [0, 0.05) is 0 Å². The number of aryl methyl sites for hydroxylation is 6. The van der Waals surface area contributed by atoms with Gasteiger partial charge in [-0.1, -0.05) is 0 Å². The predicted molar refractivity (Wildman–Crippen MR) is 304 cm³/mol. The molecule has 0 fully saturated rings. The van der Waals surface area contributed by atoms with Gasteiger partial charge >= 0.3 is 439 Å². The van der Waals surface area contributed by atoms with Crippen molar-refractivity contribution in [2.24, 2.45) is 0 Å². The zero-order chi connectivity index (χ0) is 49.8. The Bertz CT molecular complexity index is 2980. The van der Waals surface area contributed by atoms with Gasteiger partial charge in [0.25, 0.3) is 0 Å². The summed E-state index contributed by atoms with van der Waals surface area (Å²) < 4.78 is 1.45. The van der Waals surface area contributed by atoms with Gasteiger partial charge < -0.3 is 37.2 Å². The molecule has 0 aliphatic heterocycles. The molecule has 5 heteroatoms. The van der Waals surface area contributed by atoms with E-state index in [2.05, 4.69) is 290 Å². The summed E-state index contributed by atoms with van der Waals surface area (Å²) in [4.78, 5) is 0. The maximum absolute atomic E-state index is 3.49. The second-order valence-electron chi connectivity index (χ2n) is 20.7. The van der Waals surface area contributed by atoms with Crippen LogP contribution in [0.15, 0.2) is 221 Å². The molecule has 0 spiro atoms. The normalized spacial score (nSPS) is 14.3. The van der Waals surface area contributed by atoms with E-state index in [0.717, 1.165) is 0 Å². The molecular weight excluding hydrogens is 1010 g/mol. The van der Waals surface area contributed by atoms with E-state index in [4.69, 9.17) is 0 Å². The average molecular weight is 1070 g/mol. The van der Waals surface area contributed by atoms with Crippen LogP contribution in [0.2, 0.25) is 5.04 Å². The monoisotopic (exact) mass is 1070 g/mol. The van der Waals surface area contributed by atoms with Gasteiger partial charge in [0.1, 0.15) is 0 Å². The first-order valence-corrected chi connectivity index (χ1v) is 27.9. The van der Waals surface area contributed by atoms with Crippen LogP contribution in [-0.4, -0.2) is 8.07 Å². The standard InChI is InChI=1S/C69H63Si.3ClH.Ti/c1-45-11-23-54(24-12-45)60-35-61(55-25-13-46(2)14-26-55)39-66(38-60)70(69(10)44-51(7)52(8)53(69)9,67-40-62(56-27-15-47(3)16-28-56)36-63(41-67)57-29-17-48(4)18-30-57)68-42-64(58-31-19-49(5)20-32-58)37-65(43-68)59-33-21-50(6)22-34-59;;;;/h11-43H,1-10H3;3*1H;/q;;;;+3/p-3. The third kappa shape index (κ3) is 10.3. The van der Waals surface area contributed by atoms with Crippen LogP contribution >= 0.6 is 0 Å². The van der Waals surface area contributed by atoms with Crippen LogP contribution in [0.3, 0.4) is 0 Å². The summed E-state index contributed by atoms with van der Waals surface area (Å²) in [6, 6.07) is 78.0. The molecule has 9 aromatic rings. The molecule has 0 bridgehead atoms. The maximum Gasteiger partial charge on any atom is -1.00 e. The van der Waals surface area contributed by atoms with Crippen molar-refractivity contribution in [1.82, 2.24) is 0 Å². The van der Waals surface area contributed by atoms with Crippen molar-refractivity contribution < 1.29 is 57.7 Å². The molecule has 0 amide bonds. The van der Waals surface area contributed by atoms with Crippen molar-refractivity contribution in [3.05, 3.63) is 254 Å². The molecular formula is C69H63Cl3SiTi. The van der Waals surface area contributed by atoms with Crippen LogP contribution in [0.4, 0.5) is 0 Å². The molecule has 0 N–H and O–H groups in total. The molecule has 0 saturated heterocycles. The fraction of sp³-hybridized carbons (Fsp3) is 0.159. The third-order valence-electron chi connectivity index (χ3n) is 15.9. The van der Waals surface area contributed by atoms with E-state index in [9.17, 15) is 0 Å². The van der Waals surface area contributed by atoms with E-state index in [1.807, 2.05) is 0 Å². The van der Waals surface area contributed by atoms with Gasteiger partial charge in [0.2, 0.25) is 0 Å². The zero-order valence-electron chi connectivity index (χ0n) is 44.2. The molecule has 9 aromatic carbocycles. The van der Waals surface area contributed by atoms with E-state index < -0.39 is 13.1 Å². The first-order valence-electron chi connectivity index (χ1n) is 25.1. The molecule has 0 aromatic heterocycles. The minimum absolute atomic E-state index is 0. The topological polar surface area (TPSA) is 0 Å². The van der Waals surface area contributed by atoms with E-state index in [1.54, 1.807) is 0 Å². The van der Waals surface area contributed by atoms with Gasteiger partial charge in [0.05, 0.1) is 0 Å². The van der Waals surface area contributed by atoms with Crippen LogP contribution in [0.1, 0.15) is 61.1 Å². The zero-order valence-corrected chi connectivity index (χ0v) is 49.0. The maximum atomic E-state index is 2.63. The van der Waals surface area contributed by atoms with Gasteiger partial charge in [-0.3, -0.25) is 0 Å². The fourth-order valence-electron chi connectivity index (χ4n) is 11.2. The number of halogens is 3. The average Bonchev–Trinajstić information content (AvgIpc) is 3.53. The van der Waals surface area contributed by atoms with Gasteiger partial charge in [-0.15, -0.1) is 0 Å². The van der Waals surface area contributed by atoms with Crippen molar-refractivity contribution in [3.63, 3.8) is 0 Å². The van der Waals surface area contributed by atoms with Crippen molar-refractivity contribution >= 4 is 23.6 Å². The summed E-state index contributed by atoms with van der Waals surface area (Å²) in [5, 5.41) is 3.76. The number of rotatable bonds is 10. The molecule has 1 aliphatic carbocycles. The first-order chi connectivity index (χ1) is 34.1. The van der Waals surface area contributed by atoms with E-state index in [1.165, 1.54) is 136 Å². The molecule has 10 rings (SSSR count). The van der Waals surface area contributed by atoms with E-state index in [-0.39, 0.29) is 37.2 Å². The van der Waals surface area contributed by atoms with Gasteiger partial charge in [-0.25, -0.2) is 0 Å². The van der Waals surface area contributed by atoms with Crippen LogP contribution in [-0.2, 0) is 20.4 Å². The fourth-order valence-corrected chi connectivity index (χ4v) is 19.0. The summed E-state index contributed by atoms with van der Waals surface area (Å²) in [6.07, 6.45) is 0. The summed E-state index contributed by atoms with van der Waals surface area (Å²) in [7, 11) is -3.49. The summed E-state index contributed by atoms with van der Waals surface area (Å²) in [6.45, 7) is 22.9. The van der Waals surface area contributed by atoms with Gasteiger partial charge in [0.15, 0.2) is 0 Å². The molecule has 0 heterocycles. The Morgan fingerprint density at radius 2 is 0.459 bits per heavy atom. The van der Waals surface area contributed by atoms with Gasteiger partial charge in [-0.2, -0.15) is 0 Å². The first kappa shape index (κ1) is 56.0.